The zero-order valence-electron chi connectivity index (χ0n) is 10.7. The fourth-order valence-corrected chi connectivity index (χ4v) is 2.02. The van der Waals surface area contributed by atoms with Gasteiger partial charge >= 0.3 is 0 Å². The summed E-state index contributed by atoms with van der Waals surface area (Å²) in [6, 6.07) is 1.80. The van der Waals surface area contributed by atoms with E-state index < -0.39 is 0 Å². The van der Waals surface area contributed by atoms with Crippen LogP contribution >= 0.6 is 0 Å². The molecule has 18 heavy (non-hydrogen) atoms. The summed E-state index contributed by atoms with van der Waals surface area (Å²) in [7, 11) is 0. The molecule has 0 spiro atoms. The highest BCUT2D eigenvalue weighted by atomic mass is 16.5. The SMILES string of the molecule is CC(N)C1CN(C(=O)CCn2cccn2)CCO1. The molecule has 0 radical (unpaired) electrons. The zero-order chi connectivity index (χ0) is 13.0. The van der Waals surface area contributed by atoms with Gasteiger partial charge in [-0.1, -0.05) is 0 Å². The Kier molecular flexibility index (Phi) is 4.33. The first-order chi connectivity index (χ1) is 8.66. The highest BCUT2D eigenvalue weighted by Gasteiger charge is 2.26. The van der Waals surface area contributed by atoms with E-state index in [9.17, 15) is 4.79 Å². The van der Waals surface area contributed by atoms with Crippen LogP contribution in [0.1, 0.15) is 13.3 Å². The van der Waals surface area contributed by atoms with Crippen LogP contribution in [0, 0.1) is 0 Å². The van der Waals surface area contributed by atoms with Crippen molar-refractivity contribution in [2.45, 2.75) is 32.0 Å². The molecule has 0 saturated carbocycles. The van der Waals surface area contributed by atoms with Crippen LogP contribution in [-0.2, 0) is 16.1 Å². The van der Waals surface area contributed by atoms with Crippen molar-refractivity contribution in [3.63, 3.8) is 0 Å². The average molecular weight is 252 g/mol. The van der Waals surface area contributed by atoms with Crippen LogP contribution in [-0.4, -0.2) is 52.4 Å². The van der Waals surface area contributed by atoms with Crippen LogP contribution < -0.4 is 5.73 Å². The first-order valence-electron chi connectivity index (χ1n) is 6.29. The van der Waals surface area contributed by atoms with E-state index in [4.69, 9.17) is 10.5 Å². The minimum absolute atomic E-state index is 0.0487. The lowest BCUT2D eigenvalue weighted by molar-refractivity contribution is -0.139. The van der Waals surface area contributed by atoms with Gasteiger partial charge in [-0.3, -0.25) is 9.48 Å². The lowest BCUT2D eigenvalue weighted by Crippen LogP contribution is -2.51. The predicted octanol–water partition coefficient (Wildman–Crippen LogP) is -0.152. The fourth-order valence-electron chi connectivity index (χ4n) is 2.02. The third-order valence-corrected chi connectivity index (χ3v) is 3.15. The average Bonchev–Trinajstić information content (AvgIpc) is 2.89. The Bertz CT molecular complexity index is 377. The van der Waals surface area contributed by atoms with Gasteiger partial charge in [0.2, 0.25) is 5.91 Å². The van der Waals surface area contributed by atoms with E-state index in [2.05, 4.69) is 5.10 Å². The molecule has 1 aromatic rings. The van der Waals surface area contributed by atoms with Gasteiger partial charge in [0, 0.05) is 44.5 Å². The summed E-state index contributed by atoms with van der Waals surface area (Å²) in [6.45, 7) is 4.34. The van der Waals surface area contributed by atoms with Gasteiger partial charge in [-0.15, -0.1) is 0 Å². The molecule has 1 amide bonds. The quantitative estimate of drug-likeness (QED) is 0.808. The lowest BCUT2D eigenvalue weighted by Gasteiger charge is -2.34. The highest BCUT2D eigenvalue weighted by Crippen LogP contribution is 2.09. The molecule has 1 aliphatic rings. The third-order valence-electron chi connectivity index (χ3n) is 3.15. The largest absolute Gasteiger partial charge is 0.373 e. The maximum absolute atomic E-state index is 12.0. The number of carbonyl (C=O) groups is 1. The second kappa shape index (κ2) is 5.97. The van der Waals surface area contributed by atoms with Crippen molar-refractivity contribution >= 4 is 5.91 Å². The Balaban J connectivity index is 1.81. The zero-order valence-corrected chi connectivity index (χ0v) is 10.7. The second-order valence-corrected chi connectivity index (χ2v) is 4.63. The summed E-state index contributed by atoms with van der Waals surface area (Å²) in [6.07, 6.45) is 3.99. The highest BCUT2D eigenvalue weighted by molar-refractivity contribution is 5.76. The predicted molar refractivity (Wildman–Crippen MR) is 66.8 cm³/mol. The fraction of sp³-hybridized carbons (Fsp3) is 0.667. The molecule has 2 atom stereocenters. The van der Waals surface area contributed by atoms with E-state index in [1.165, 1.54) is 0 Å². The second-order valence-electron chi connectivity index (χ2n) is 4.63. The molecule has 6 heteroatoms. The van der Waals surface area contributed by atoms with Crippen LogP contribution in [0.25, 0.3) is 0 Å². The lowest BCUT2D eigenvalue weighted by atomic mass is 10.1. The Morgan fingerprint density at radius 3 is 3.17 bits per heavy atom. The summed E-state index contributed by atoms with van der Waals surface area (Å²) in [5.41, 5.74) is 5.80. The number of aryl methyl sites for hydroxylation is 1. The molecule has 6 nitrogen and oxygen atoms in total. The van der Waals surface area contributed by atoms with Crippen LogP contribution in [0.3, 0.4) is 0 Å². The molecule has 2 N–H and O–H groups in total. The van der Waals surface area contributed by atoms with Crippen molar-refractivity contribution < 1.29 is 9.53 Å². The van der Waals surface area contributed by atoms with E-state index in [1.54, 1.807) is 10.9 Å². The first kappa shape index (κ1) is 13.0. The van der Waals surface area contributed by atoms with Crippen LogP contribution in [0.4, 0.5) is 0 Å². The van der Waals surface area contributed by atoms with Crippen LogP contribution in [0.15, 0.2) is 18.5 Å². The Morgan fingerprint density at radius 2 is 2.50 bits per heavy atom. The standard InChI is InChI=1S/C12H20N4O2/c1-10(13)11-9-15(7-8-18-11)12(17)3-6-16-5-2-4-14-16/h2,4-5,10-11H,3,6-9,13H2,1H3. The van der Waals surface area contributed by atoms with Crippen molar-refractivity contribution in [1.82, 2.24) is 14.7 Å². The summed E-state index contributed by atoms with van der Waals surface area (Å²) in [4.78, 5) is 13.9. The van der Waals surface area contributed by atoms with Gasteiger partial charge < -0.3 is 15.4 Å². The van der Waals surface area contributed by atoms with Gasteiger partial charge in [-0.2, -0.15) is 5.10 Å². The van der Waals surface area contributed by atoms with E-state index in [0.717, 1.165) is 0 Å². The number of aromatic nitrogens is 2. The number of amides is 1. The molecule has 0 bridgehead atoms. The number of nitrogens with two attached hydrogens (primary N) is 1. The number of nitrogens with zero attached hydrogens (tertiary/aromatic N) is 3. The summed E-state index contributed by atoms with van der Waals surface area (Å²) >= 11 is 0. The molecule has 2 rings (SSSR count). The molecule has 0 aliphatic carbocycles. The Hall–Kier alpha value is -1.40. The third kappa shape index (κ3) is 3.30. The monoisotopic (exact) mass is 252 g/mol. The topological polar surface area (TPSA) is 73.4 Å². The maximum Gasteiger partial charge on any atom is 0.224 e. The van der Waals surface area contributed by atoms with Crippen molar-refractivity contribution in [1.29, 1.82) is 0 Å². The summed E-state index contributed by atoms with van der Waals surface area (Å²) < 4.78 is 7.30. The summed E-state index contributed by atoms with van der Waals surface area (Å²) in [5.74, 6) is 0.138. The van der Waals surface area contributed by atoms with Gasteiger partial charge in [0.05, 0.1) is 12.7 Å². The van der Waals surface area contributed by atoms with Gasteiger partial charge in [-0.25, -0.2) is 0 Å². The number of hydrogen-bond donors (Lipinski definition) is 1. The number of hydrogen-bond acceptors (Lipinski definition) is 4. The minimum atomic E-state index is -0.0493. The van der Waals surface area contributed by atoms with Crippen molar-refractivity contribution in [2.75, 3.05) is 19.7 Å². The molecule has 2 unspecified atom stereocenters. The van der Waals surface area contributed by atoms with Gasteiger partial charge in [0.25, 0.3) is 0 Å². The van der Waals surface area contributed by atoms with Crippen molar-refractivity contribution in [2.24, 2.45) is 5.73 Å². The van der Waals surface area contributed by atoms with E-state index >= 15 is 0 Å². The molecule has 0 aromatic carbocycles. The van der Waals surface area contributed by atoms with E-state index in [0.29, 0.717) is 32.7 Å². The van der Waals surface area contributed by atoms with Crippen molar-refractivity contribution in [3.8, 4) is 0 Å². The molecular weight excluding hydrogens is 232 g/mol. The molecule has 2 heterocycles. The van der Waals surface area contributed by atoms with E-state index in [1.807, 2.05) is 24.1 Å². The number of ether oxygens (including phenoxy) is 1. The van der Waals surface area contributed by atoms with Crippen LogP contribution in [0.2, 0.25) is 0 Å². The molecule has 1 aromatic heterocycles. The molecule has 1 fully saturated rings. The van der Waals surface area contributed by atoms with Gasteiger partial charge in [0.1, 0.15) is 0 Å². The Morgan fingerprint density at radius 1 is 1.67 bits per heavy atom. The molecule has 1 aliphatic heterocycles. The number of morpholine rings is 1. The van der Waals surface area contributed by atoms with Crippen LogP contribution in [0.5, 0.6) is 0 Å². The maximum atomic E-state index is 12.0. The number of rotatable bonds is 4. The summed E-state index contributed by atoms with van der Waals surface area (Å²) in [5, 5.41) is 4.08. The van der Waals surface area contributed by atoms with Gasteiger partial charge in [-0.05, 0) is 13.0 Å². The minimum Gasteiger partial charge on any atom is -0.373 e. The van der Waals surface area contributed by atoms with Gasteiger partial charge in [0.15, 0.2) is 0 Å². The Labute approximate surface area is 107 Å². The smallest absolute Gasteiger partial charge is 0.224 e. The van der Waals surface area contributed by atoms with E-state index in [-0.39, 0.29) is 18.1 Å². The first-order valence-corrected chi connectivity index (χ1v) is 6.29. The number of carbonyl (C=O) groups excluding carboxylic acids is 1. The normalized spacial score (nSPS) is 21.9. The molecular formula is C12H20N4O2. The van der Waals surface area contributed by atoms with Crippen molar-refractivity contribution in [3.05, 3.63) is 18.5 Å². The molecule has 1 saturated heterocycles. The molecule has 100 valence electrons.